The Kier molecular flexibility index (Phi) is 12.9. The molecule has 2 fully saturated rings. The number of esters is 1. The number of para-hydroxylation sites is 2. The van der Waals surface area contributed by atoms with E-state index in [2.05, 4.69) is 10.6 Å². The second-order valence-electron chi connectivity index (χ2n) is 16.7. The number of hydrogen-bond acceptors (Lipinski definition) is 9. The summed E-state index contributed by atoms with van der Waals surface area (Å²) in [5.41, 5.74) is 4.22. The number of methoxy groups -OCH3 is 3. The van der Waals surface area contributed by atoms with Crippen molar-refractivity contribution in [3.05, 3.63) is 117 Å². The van der Waals surface area contributed by atoms with Gasteiger partial charge in [0.1, 0.15) is 34.1 Å². The van der Waals surface area contributed by atoms with Gasteiger partial charge in [-0.3, -0.25) is 9.59 Å². The molecule has 0 bridgehead atoms. The molecule has 4 aliphatic rings. The van der Waals surface area contributed by atoms with E-state index in [0.717, 1.165) is 77.7 Å². The van der Waals surface area contributed by atoms with Crippen LogP contribution < -0.4 is 29.6 Å². The third-order valence-electron chi connectivity index (χ3n) is 12.7. The first-order valence-electron chi connectivity index (χ1n) is 21.2. The second kappa shape index (κ2) is 18.3. The summed E-state index contributed by atoms with van der Waals surface area (Å²) in [4.78, 5) is 51.9. The summed E-state index contributed by atoms with van der Waals surface area (Å²) in [7, 11) is 4.55. The molecule has 12 heteroatoms. The Bertz CT molecular complexity index is 2300. The molecular formula is C49H56N2O10. The van der Waals surface area contributed by atoms with E-state index in [1.165, 1.54) is 7.11 Å². The number of hydrogen-bond donors (Lipinski definition) is 3. The minimum atomic E-state index is -1.37. The van der Waals surface area contributed by atoms with Gasteiger partial charge in [-0.2, -0.15) is 0 Å². The van der Waals surface area contributed by atoms with Crippen molar-refractivity contribution >= 4 is 23.8 Å². The Labute approximate surface area is 357 Å². The molecule has 0 heterocycles. The minimum Gasteiger partial charge on any atom is -0.497 e. The average molecular weight is 833 g/mol. The van der Waals surface area contributed by atoms with E-state index in [4.69, 9.17) is 23.7 Å². The number of aryl methyl sites for hydroxylation is 4. The number of carbonyl (C=O) groups excluding carboxylic acids is 3. The normalized spacial score (nSPS) is 20.4. The van der Waals surface area contributed by atoms with E-state index in [9.17, 15) is 24.3 Å². The highest BCUT2D eigenvalue weighted by Gasteiger charge is 2.45. The number of carboxylic acids is 1. The van der Waals surface area contributed by atoms with E-state index < -0.39 is 28.9 Å². The molecule has 0 aliphatic heterocycles. The van der Waals surface area contributed by atoms with Crippen molar-refractivity contribution in [2.75, 3.05) is 21.3 Å². The molecule has 8 rings (SSSR count). The van der Waals surface area contributed by atoms with Crippen LogP contribution >= 0.6 is 0 Å². The van der Waals surface area contributed by atoms with Gasteiger partial charge in [-0.15, -0.1) is 0 Å². The van der Waals surface area contributed by atoms with E-state index in [1.54, 1.807) is 32.4 Å². The standard InChI is InChI=1S/C25H29NO5.C24H27NO5/c1-16-6-4-9-21(22(16)31-19-7-5-8-19)23(27)26-25(24(28)30-3)13-12-17-10-11-20(29-2)14-18(17)15-25;1-15-5-3-8-20(21(15)30-18-6-4-7-18)22(26)25-24(23(27)28)12-11-16-9-10-19(29-2)13-17(16)14-24/h4,6,9-11,14,19H,5,7-8,12-13,15H2,1-3H3,(H,26,27);3,5,8-10,13,18H,4,6-7,11-12,14H2,1-2H3,(H,25,26)(H,27,28). The number of carbonyl (C=O) groups is 4. The summed E-state index contributed by atoms with van der Waals surface area (Å²) in [6, 6.07) is 22.5. The van der Waals surface area contributed by atoms with E-state index >= 15 is 0 Å². The van der Waals surface area contributed by atoms with Crippen molar-refractivity contribution in [3.8, 4) is 23.0 Å². The highest BCUT2D eigenvalue weighted by atomic mass is 16.5. The van der Waals surface area contributed by atoms with Crippen LogP contribution in [0.3, 0.4) is 0 Å². The van der Waals surface area contributed by atoms with Crippen LogP contribution in [0.4, 0.5) is 0 Å². The maximum Gasteiger partial charge on any atom is 0.331 e. The predicted octanol–water partition coefficient (Wildman–Crippen LogP) is 7.44. The maximum absolute atomic E-state index is 13.4. The average Bonchev–Trinajstić information content (AvgIpc) is 3.23. The van der Waals surface area contributed by atoms with Gasteiger partial charge in [0.05, 0.1) is 44.7 Å². The third-order valence-corrected chi connectivity index (χ3v) is 12.7. The van der Waals surface area contributed by atoms with Crippen LogP contribution in [-0.2, 0) is 40.0 Å². The molecule has 0 spiro atoms. The Balaban J connectivity index is 0.000000184. The number of benzene rings is 4. The molecule has 0 radical (unpaired) electrons. The van der Waals surface area contributed by atoms with Gasteiger partial charge in [-0.05, 0) is 148 Å². The predicted molar refractivity (Wildman–Crippen MR) is 229 cm³/mol. The fourth-order valence-electron chi connectivity index (χ4n) is 8.52. The highest BCUT2D eigenvalue weighted by molar-refractivity contribution is 6.01. The number of fused-ring (bicyclic) bond motifs is 2. The van der Waals surface area contributed by atoms with Crippen LogP contribution in [0.5, 0.6) is 23.0 Å². The lowest BCUT2D eigenvalue weighted by atomic mass is 9.77. The number of rotatable bonds is 12. The molecule has 2 saturated carbocycles. The monoisotopic (exact) mass is 832 g/mol. The summed E-state index contributed by atoms with van der Waals surface area (Å²) in [5.74, 6) is 0.343. The zero-order valence-electron chi connectivity index (χ0n) is 35.7. The fourth-order valence-corrected chi connectivity index (χ4v) is 8.52. The van der Waals surface area contributed by atoms with Crippen LogP contribution in [0.2, 0.25) is 0 Å². The largest absolute Gasteiger partial charge is 0.497 e. The molecule has 2 amide bonds. The van der Waals surface area contributed by atoms with E-state index in [0.29, 0.717) is 60.5 Å². The van der Waals surface area contributed by atoms with Crippen LogP contribution in [-0.4, -0.2) is 73.5 Å². The number of nitrogens with one attached hydrogen (secondary N) is 2. The van der Waals surface area contributed by atoms with Crippen molar-refractivity contribution in [2.24, 2.45) is 0 Å². The SMILES string of the molecule is COC(=O)C1(NC(=O)c2cccc(C)c2OC2CCC2)CCc2ccc(OC)cc2C1.COc1ccc2c(c1)CC(NC(=O)c1cccc(C)c1OC1CCC1)(C(=O)O)CC2. The molecule has 2 unspecified atom stereocenters. The lowest BCUT2D eigenvalue weighted by Crippen LogP contribution is -2.58. The molecule has 61 heavy (non-hydrogen) atoms. The van der Waals surface area contributed by atoms with E-state index in [-0.39, 0.29) is 24.5 Å². The summed E-state index contributed by atoms with van der Waals surface area (Å²) >= 11 is 0. The smallest absolute Gasteiger partial charge is 0.331 e. The summed E-state index contributed by atoms with van der Waals surface area (Å²) in [6.07, 6.45) is 9.10. The molecular weight excluding hydrogens is 777 g/mol. The molecule has 4 aliphatic carbocycles. The first kappa shape index (κ1) is 43.1. The molecule has 4 aromatic rings. The first-order chi connectivity index (χ1) is 29.4. The highest BCUT2D eigenvalue weighted by Crippen LogP contribution is 2.37. The Morgan fingerprint density at radius 2 is 1.05 bits per heavy atom. The summed E-state index contributed by atoms with van der Waals surface area (Å²) in [5, 5.41) is 15.9. The van der Waals surface area contributed by atoms with Crippen molar-refractivity contribution < 1.29 is 48.0 Å². The number of carboxylic acid groups (broad SMARTS) is 1. The minimum absolute atomic E-state index is 0.125. The zero-order valence-corrected chi connectivity index (χ0v) is 35.7. The number of amides is 2. The number of ether oxygens (including phenoxy) is 5. The van der Waals surface area contributed by atoms with Crippen LogP contribution in [0, 0.1) is 13.8 Å². The van der Waals surface area contributed by atoms with Gasteiger partial charge in [0.15, 0.2) is 0 Å². The van der Waals surface area contributed by atoms with Crippen molar-refractivity contribution in [1.29, 1.82) is 0 Å². The lowest BCUT2D eigenvalue weighted by molar-refractivity contribution is -0.149. The van der Waals surface area contributed by atoms with Crippen molar-refractivity contribution in [2.45, 2.75) is 114 Å². The first-order valence-corrected chi connectivity index (χ1v) is 21.2. The van der Waals surface area contributed by atoms with Crippen molar-refractivity contribution in [3.63, 3.8) is 0 Å². The van der Waals surface area contributed by atoms with Gasteiger partial charge in [0.25, 0.3) is 11.8 Å². The summed E-state index contributed by atoms with van der Waals surface area (Å²) < 4.78 is 28.0. The van der Waals surface area contributed by atoms with Crippen LogP contribution in [0.1, 0.15) is 105 Å². The Hall–Kier alpha value is -6.04. The summed E-state index contributed by atoms with van der Waals surface area (Å²) in [6.45, 7) is 3.84. The Morgan fingerprint density at radius 3 is 1.46 bits per heavy atom. The molecule has 12 nitrogen and oxygen atoms in total. The van der Waals surface area contributed by atoms with Gasteiger partial charge in [-0.25, -0.2) is 9.59 Å². The van der Waals surface area contributed by atoms with Crippen molar-refractivity contribution in [1.82, 2.24) is 10.6 Å². The molecule has 3 N–H and O–H groups in total. The van der Waals surface area contributed by atoms with E-state index in [1.807, 2.05) is 68.4 Å². The van der Waals surface area contributed by atoms with Gasteiger partial charge in [-0.1, -0.05) is 36.4 Å². The topological polar surface area (TPSA) is 159 Å². The molecule has 4 aromatic carbocycles. The quantitative estimate of drug-likeness (QED) is 0.123. The fraction of sp³-hybridized carbons (Fsp3) is 0.429. The van der Waals surface area contributed by atoms with Gasteiger partial charge in [0.2, 0.25) is 0 Å². The third kappa shape index (κ3) is 9.18. The van der Waals surface area contributed by atoms with Gasteiger partial charge < -0.3 is 39.4 Å². The molecule has 2 atom stereocenters. The zero-order chi connectivity index (χ0) is 43.3. The van der Waals surface area contributed by atoms with Gasteiger partial charge in [0, 0.05) is 12.8 Å². The number of aliphatic carboxylic acids is 1. The second-order valence-corrected chi connectivity index (χ2v) is 16.7. The lowest BCUT2D eigenvalue weighted by Gasteiger charge is -2.37. The van der Waals surface area contributed by atoms with Gasteiger partial charge >= 0.3 is 11.9 Å². The Morgan fingerprint density at radius 1 is 0.607 bits per heavy atom. The van der Waals surface area contributed by atoms with Crippen LogP contribution in [0.25, 0.3) is 0 Å². The molecule has 0 aromatic heterocycles. The molecule has 0 saturated heterocycles. The maximum atomic E-state index is 13.4. The molecule has 322 valence electrons. The van der Waals surface area contributed by atoms with Crippen LogP contribution in [0.15, 0.2) is 72.8 Å².